The van der Waals surface area contributed by atoms with E-state index in [1.807, 2.05) is 13.0 Å². The van der Waals surface area contributed by atoms with Gasteiger partial charge in [-0.3, -0.25) is 0 Å². The molecule has 1 aromatic carbocycles. The summed E-state index contributed by atoms with van der Waals surface area (Å²) >= 11 is 0. The first-order valence-electron chi connectivity index (χ1n) is 8.71. The van der Waals surface area contributed by atoms with E-state index in [1.165, 1.54) is 4.68 Å². The first-order chi connectivity index (χ1) is 13.1. The molecular formula is C20H17N5O2. The van der Waals surface area contributed by atoms with Crippen LogP contribution in [0, 0.1) is 0 Å². The second-order valence-corrected chi connectivity index (χ2v) is 7.05. The molecule has 2 aromatic heterocycles. The molecule has 1 unspecified atom stereocenters. The zero-order chi connectivity index (χ0) is 18.8. The van der Waals surface area contributed by atoms with Crippen LogP contribution in [0.5, 0.6) is 0 Å². The summed E-state index contributed by atoms with van der Waals surface area (Å²) in [5.41, 5.74) is 1.66. The van der Waals surface area contributed by atoms with Crippen molar-refractivity contribution in [2.75, 3.05) is 0 Å². The fourth-order valence-electron chi connectivity index (χ4n) is 4.69. The van der Waals surface area contributed by atoms with Crippen LogP contribution < -0.4 is 11.4 Å². The normalized spacial score (nSPS) is 24.9. The largest absolute Gasteiger partial charge is 0.352 e. The van der Waals surface area contributed by atoms with Gasteiger partial charge in [0.15, 0.2) is 0 Å². The van der Waals surface area contributed by atoms with Gasteiger partial charge in [0, 0.05) is 11.8 Å². The topological polar surface area (TPSA) is 85.6 Å². The van der Waals surface area contributed by atoms with Crippen molar-refractivity contribution in [2.45, 2.75) is 24.3 Å². The number of para-hydroxylation sites is 1. The van der Waals surface area contributed by atoms with E-state index in [1.54, 1.807) is 36.7 Å². The number of aromatic nitrogens is 5. The Bertz CT molecular complexity index is 1180. The Hall–Kier alpha value is -3.48. The number of nitrogens with one attached hydrogen (secondary N) is 1. The highest BCUT2D eigenvalue weighted by molar-refractivity contribution is 5.55. The predicted molar refractivity (Wildman–Crippen MR) is 100 cm³/mol. The highest BCUT2D eigenvalue weighted by Crippen LogP contribution is 2.61. The monoisotopic (exact) mass is 359 g/mol. The average molecular weight is 359 g/mol. The molecule has 1 N–H and O–H groups in total. The zero-order valence-corrected chi connectivity index (χ0v) is 14.7. The number of benzene rings is 1. The van der Waals surface area contributed by atoms with Gasteiger partial charge in [-0.05, 0) is 30.2 Å². The summed E-state index contributed by atoms with van der Waals surface area (Å²) in [6, 6.07) is 8.89. The van der Waals surface area contributed by atoms with E-state index >= 15 is 0 Å². The summed E-state index contributed by atoms with van der Waals surface area (Å²) in [4.78, 5) is 26.1. The molecule has 134 valence electrons. The smallest absolute Gasteiger partial charge is 0.246 e. The van der Waals surface area contributed by atoms with Gasteiger partial charge in [0.05, 0.1) is 18.1 Å². The number of hydrogen-bond acceptors (Lipinski definition) is 4. The van der Waals surface area contributed by atoms with Crippen molar-refractivity contribution in [1.29, 1.82) is 0 Å². The number of H-pyrrole nitrogens is 1. The third-order valence-electron chi connectivity index (χ3n) is 5.77. The average Bonchev–Trinajstić information content (AvgIpc) is 3.30. The number of aromatic amines is 1. The molecule has 2 heterocycles. The summed E-state index contributed by atoms with van der Waals surface area (Å²) in [6.07, 6.45) is 7.60. The molecule has 2 aliphatic carbocycles. The minimum atomic E-state index is -0.802. The fraction of sp³-hybridized carbons (Fsp3) is 0.200. The maximum Gasteiger partial charge on any atom is 0.352 e. The molecule has 3 atom stereocenters. The first-order valence-corrected chi connectivity index (χ1v) is 8.71. The maximum atomic E-state index is 13.4. The van der Waals surface area contributed by atoms with Crippen molar-refractivity contribution in [1.82, 2.24) is 24.5 Å². The number of hydrogen-bond donors (Lipinski definition) is 1. The van der Waals surface area contributed by atoms with E-state index < -0.39 is 16.9 Å². The number of rotatable bonds is 3. The molecule has 7 heteroatoms. The summed E-state index contributed by atoms with van der Waals surface area (Å²) in [7, 11) is 0. The lowest BCUT2D eigenvalue weighted by atomic mass is 9.78. The van der Waals surface area contributed by atoms with Crippen LogP contribution in [0.2, 0.25) is 0 Å². The van der Waals surface area contributed by atoms with E-state index in [4.69, 9.17) is 0 Å². The lowest BCUT2D eigenvalue weighted by Crippen LogP contribution is -2.45. The van der Waals surface area contributed by atoms with E-state index in [9.17, 15) is 9.59 Å². The maximum absolute atomic E-state index is 13.4. The van der Waals surface area contributed by atoms with Gasteiger partial charge in [0.1, 0.15) is 5.54 Å². The minimum absolute atomic E-state index is 0.134. The summed E-state index contributed by atoms with van der Waals surface area (Å²) in [5, 5.41) is 10.8. The van der Waals surface area contributed by atoms with Gasteiger partial charge in [-0.25, -0.2) is 23.9 Å². The van der Waals surface area contributed by atoms with Crippen molar-refractivity contribution >= 4 is 0 Å². The molecule has 0 saturated carbocycles. The lowest BCUT2D eigenvalue weighted by molar-refractivity contribution is 0.282. The van der Waals surface area contributed by atoms with Crippen LogP contribution in [-0.2, 0) is 5.54 Å². The molecule has 2 bridgehead atoms. The SMILES string of the molecule is C=C(C)C1(n2[nH]c(=O)n(-c3ccccc3)c2=O)[C@@H]2C=C[C@H]1c1cnncc12. The van der Waals surface area contributed by atoms with Crippen LogP contribution in [-0.4, -0.2) is 24.5 Å². The Kier molecular flexibility index (Phi) is 3.07. The van der Waals surface area contributed by atoms with Gasteiger partial charge in [-0.2, -0.15) is 10.2 Å². The summed E-state index contributed by atoms with van der Waals surface area (Å²) < 4.78 is 2.60. The highest BCUT2D eigenvalue weighted by Gasteiger charge is 2.58. The minimum Gasteiger partial charge on any atom is -0.246 e. The van der Waals surface area contributed by atoms with Crippen molar-refractivity contribution < 1.29 is 0 Å². The highest BCUT2D eigenvalue weighted by atomic mass is 16.2. The zero-order valence-electron chi connectivity index (χ0n) is 14.7. The van der Waals surface area contributed by atoms with Crippen LogP contribution in [0.4, 0.5) is 0 Å². The molecule has 0 saturated heterocycles. The predicted octanol–water partition coefficient (Wildman–Crippen LogP) is 1.84. The quantitative estimate of drug-likeness (QED) is 0.723. The van der Waals surface area contributed by atoms with Crippen LogP contribution in [0.1, 0.15) is 29.9 Å². The second-order valence-electron chi connectivity index (χ2n) is 7.05. The molecule has 0 fully saturated rings. The Balaban J connectivity index is 1.79. The van der Waals surface area contributed by atoms with Gasteiger partial charge in [0.2, 0.25) is 0 Å². The molecule has 0 amide bonds. The van der Waals surface area contributed by atoms with Gasteiger partial charge in [0.25, 0.3) is 0 Å². The summed E-state index contributed by atoms with van der Waals surface area (Å²) in [6.45, 7) is 6.08. The fourth-order valence-corrected chi connectivity index (χ4v) is 4.69. The summed E-state index contributed by atoms with van der Waals surface area (Å²) in [5.74, 6) is -0.268. The van der Waals surface area contributed by atoms with Gasteiger partial charge in [-0.15, -0.1) is 0 Å². The molecule has 0 aliphatic heterocycles. The van der Waals surface area contributed by atoms with Gasteiger partial charge < -0.3 is 0 Å². The number of nitrogens with zero attached hydrogens (tertiary/aromatic N) is 4. The standard InChI is InChI=1S/C20H17N5O2/c1-12(2)20(16-8-9-17(20)15-11-22-21-10-14(15)16)25-19(27)24(18(26)23-25)13-6-4-3-5-7-13/h3-11,16-17H,1H2,2H3,(H,23,26)/t16-,17+,20?. The van der Waals surface area contributed by atoms with Crippen LogP contribution in [0.15, 0.2) is 76.6 Å². The Morgan fingerprint density at radius 2 is 1.67 bits per heavy atom. The molecule has 2 aliphatic rings. The first kappa shape index (κ1) is 15.7. The number of allylic oxidation sites excluding steroid dienone is 3. The Morgan fingerprint density at radius 3 is 2.22 bits per heavy atom. The molecule has 0 spiro atoms. The van der Waals surface area contributed by atoms with Crippen LogP contribution in [0.25, 0.3) is 5.69 Å². The Labute approximate surface area is 154 Å². The molecular weight excluding hydrogens is 342 g/mol. The van der Waals surface area contributed by atoms with Crippen molar-refractivity contribution in [3.8, 4) is 5.69 Å². The lowest BCUT2D eigenvalue weighted by Gasteiger charge is -2.35. The van der Waals surface area contributed by atoms with Gasteiger partial charge in [-0.1, -0.05) is 42.5 Å². The number of fused-ring (bicyclic) bond motifs is 5. The molecule has 3 aromatic rings. The van der Waals surface area contributed by atoms with E-state index in [2.05, 4.69) is 34.0 Å². The molecule has 0 radical (unpaired) electrons. The third-order valence-corrected chi connectivity index (χ3v) is 5.77. The van der Waals surface area contributed by atoms with Crippen molar-refractivity contribution in [3.63, 3.8) is 0 Å². The van der Waals surface area contributed by atoms with Crippen LogP contribution >= 0.6 is 0 Å². The molecule has 7 nitrogen and oxygen atoms in total. The second kappa shape index (κ2) is 5.26. The van der Waals surface area contributed by atoms with E-state index in [0.717, 1.165) is 21.3 Å². The van der Waals surface area contributed by atoms with E-state index in [-0.39, 0.29) is 11.8 Å². The van der Waals surface area contributed by atoms with Crippen LogP contribution in [0.3, 0.4) is 0 Å². The Morgan fingerprint density at radius 1 is 1.07 bits per heavy atom. The van der Waals surface area contributed by atoms with Crippen molar-refractivity contribution in [3.05, 3.63) is 99.1 Å². The van der Waals surface area contributed by atoms with Crippen molar-refractivity contribution in [2.24, 2.45) is 0 Å². The van der Waals surface area contributed by atoms with E-state index in [0.29, 0.717) is 5.69 Å². The molecule has 5 rings (SSSR count). The molecule has 27 heavy (non-hydrogen) atoms. The third kappa shape index (κ3) is 1.80. The van der Waals surface area contributed by atoms with Gasteiger partial charge >= 0.3 is 11.4 Å².